The van der Waals surface area contributed by atoms with Gasteiger partial charge in [0.05, 0.1) is 24.2 Å². The van der Waals surface area contributed by atoms with Gasteiger partial charge in [0.2, 0.25) is 26.6 Å². The van der Waals surface area contributed by atoms with Gasteiger partial charge in [0.15, 0.2) is 0 Å². The van der Waals surface area contributed by atoms with Gasteiger partial charge >= 0.3 is 0 Å². The van der Waals surface area contributed by atoms with E-state index in [-0.39, 0.29) is 33.2 Å². The first-order chi connectivity index (χ1) is 19.1. The van der Waals surface area contributed by atoms with E-state index in [0.717, 1.165) is 18.7 Å². The molecule has 0 bridgehead atoms. The summed E-state index contributed by atoms with van der Waals surface area (Å²) in [5.41, 5.74) is 2.85. The standard InChI is InChI=1S/C31H34FN3O4S/c1-31(2,3)24-13-9-22(10-14-24)27(35-17-19-38-20-18-35)21-33-29-30(40(36,37)26-7-5-4-6-8-26)34-28(39-29)23-11-15-25(32)16-12-23/h4-16,27,33H,17-21H2,1-3H3. The number of benzene rings is 3. The summed E-state index contributed by atoms with van der Waals surface area (Å²) < 4.78 is 52.5. The van der Waals surface area contributed by atoms with E-state index < -0.39 is 15.7 Å². The van der Waals surface area contributed by atoms with Crippen LogP contribution in [0.3, 0.4) is 0 Å². The highest BCUT2D eigenvalue weighted by atomic mass is 32.2. The van der Waals surface area contributed by atoms with Gasteiger partial charge in [-0.2, -0.15) is 4.98 Å². The highest BCUT2D eigenvalue weighted by Gasteiger charge is 2.30. The topological polar surface area (TPSA) is 84.7 Å². The predicted octanol–water partition coefficient (Wildman–Crippen LogP) is 6.10. The first kappa shape index (κ1) is 28.0. The van der Waals surface area contributed by atoms with E-state index in [0.29, 0.717) is 25.3 Å². The number of anilines is 1. The first-order valence-electron chi connectivity index (χ1n) is 13.4. The minimum atomic E-state index is -4.00. The Labute approximate surface area is 234 Å². The molecule has 4 aromatic rings. The number of nitrogens with one attached hydrogen (secondary N) is 1. The maximum atomic E-state index is 13.7. The molecule has 3 aromatic carbocycles. The number of sulfone groups is 1. The molecule has 0 amide bonds. The second-order valence-corrected chi connectivity index (χ2v) is 12.8. The summed E-state index contributed by atoms with van der Waals surface area (Å²) in [6.45, 7) is 9.67. The molecule has 1 N–H and O–H groups in total. The van der Waals surface area contributed by atoms with Crippen LogP contribution < -0.4 is 5.32 Å². The predicted molar refractivity (Wildman–Crippen MR) is 153 cm³/mol. The van der Waals surface area contributed by atoms with Crippen LogP contribution in [0.25, 0.3) is 11.5 Å². The molecule has 2 heterocycles. The Balaban J connectivity index is 1.51. The molecular weight excluding hydrogens is 529 g/mol. The van der Waals surface area contributed by atoms with Crippen LogP contribution >= 0.6 is 0 Å². The van der Waals surface area contributed by atoms with Crippen LogP contribution in [0.5, 0.6) is 0 Å². The maximum Gasteiger partial charge on any atom is 0.233 e. The summed E-state index contributed by atoms with van der Waals surface area (Å²) in [7, 11) is -4.00. The van der Waals surface area contributed by atoms with Gasteiger partial charge in [0, 0.05) is 25.2 Å². The molecular formula is C31H34FN3O4S. The minimum absolute atomic E-state index is 0.0303. The first-order valence-corrected chi connectivity index (χ1v) is 14.8. The van der Waals surface area contributed by atoms with E-state index in [1.807, 2.05) is 0 Å². The largest absolute Gasteiger partial charge is 0.419 e. The third-order valence-corrected chi connectivity index (χ3v) is 8.78. The molecule has 1 unspecified atom stereocenters. The summed E-state index contributed by atoms with van der Waals surface area (Å²) in [4.78, 5) is 6.82. The van der Waals surface area contributed by atoms with Crippen molar-refractivity contribution in [3.05, 3.63) is 95.8 Å². The molecule has 0 radical (unpaired) electrons. The number of aromatic nitrogens is 1. The fourth-order valence-corrected chi connectivity index (χ4v) is 6.07. The van der Waals surface area contributed by atoms with Crippen LogP contribution in [0.15, 0.2) is 93.2 Å². The Kier molecular flexibility index (Phi) is 8.07. The van der Waals surface area contributed by atoms with Gasteiger partial charge in [0.25, 0.3) is 0 Å². The zero-order chi connectivity index (χ0) is 28.3. The van der Waals surface area contributed by atoms with Crippen molar-refractivity contribution in [1.82, 2.24) is 9.88 Å². The SMILES string of the molecule is CC(C)(C)c1ccc(C(CNc2oc(-c3ccc(F)cc3)nc2S(=O)(=O)c2ccccc2)N2CCOCC2)cc1. The van der Waals surface area contributed by atoms with Crippen LogP contribution in [0, 0.1) is 5.82 Å². The lowest BCUT2D eigenvalue weighted by atomic mass is 9.86. The molecule has 0 aliphatic carbocycles. The van der Waals surface area contributed by atoms with Crippen LogP contribution in [-0.4, -0.2) is 51.1 Å². The molecule has 0 saturated carbocycles. The van der Waals surface area contributed by atoms with Crippen LogP contribution in [0.2, 0.25) is 0 Å². The van der Waals surface area contributed by atoms with E-state index in [1.165, 1.54) is 42.0 Å². The van der Waals surface area contributed by atoms with E-state index in [9.17, 15) is 12.8 Å². The normalized spacial score (nSPS) is 15.6. The van der Waals surface area contributed by atoms with E-state index in [4.69, 9.17) is 9.15 Å². The number of hydrogen-bond donors (Lipinski definition) is 1. The molecule has 1 saturated heterocycles. The zero-order valence-electron chi connectivity index (χ0n) is 22.9. The molecule has 1 fully saturated rings. The Morgan fingerprint density at radius 3 is 2.23 bits per heavy atom. The third kappa shape index (κ3) is 6.11. The molecule has 1 aliphatic heterocycles. The number of ether oxygens (including phenoxy) is 1. The summed E-state index contributed by atoms with van der Waals surface area (Å²) in [5.74, 6) is -0.265. The summed E-state index contributed by atoms with van der Waals surface area (Å²) in [6, 6.07) is 22.2. The smallest absolute Gasteiger partial charge is 0.233 e. The van der Waals surface area contributed by atoms with Gasteiger partial charge in [-0.3, -0.25) is 4.90 Å². The highest BCUT2D eigenvalue weighted by Crippen LogP contribution is 2.34. The average Bonchev–Trinajstić information content (AvgIpc) is 3.39. The Hall–Kier alpha value is -3.53. The molecule has 9 heteroatoms. The Bertz CT molecular complexity index is 1520. The van der Waals surface area contributed by atoms with Gasteiger partial charge in [-0.05, 0) is 52.9 Å². The highest BCUT2D eigenvalue weighted by molar-refractivity contribution is 7.91. The van der Waals surface area contributed by atoms with Gasteiger partial charge < -0.3 is 14.5 Å². The molecule has 1 aliphatic rings. The fourth-order valence-electron chi connectivity index (χ4n) is 4.77. The molecule has 5 rings (SSSR count). The van der Waals surface area contributed by atoms with Crippen molar-refractivity contribution in [1.29, 1.82) is 0 Å². The molecule has 40 heavy (non-hydrogen) atoms. The van der Waals surface area contributed by atoms with Gasteiger partial charge in [0.1, 0.15) is 5.82 Å². The van der Waals surface area contributed by atoms with Crippen molar-refractivity contribution in [3.63, 3.8) is 0 Å². The Morgan fingerprint density at radius 1 is 0.950 bits per heavy atom. The monoisotopic (exact) mass is 563 g/mol. The molecule has 1 aromatic heterocycles. The van der Waals surface area contributed by atoms with Gasteiger partial charge in [-0.1, -0.05) is 63.2 Å². The van der Waals surface area contributed by atoms with Gasteiger partial charge in [-0.25, -0.2) is 12.8 Å². The molecule has 1 atom stereocenters. The number of rotatable bonds is 8. The summed E-state index contributed by atoms with van der Waals surface area (Å²) in [5, 5.41) is 3.06. The number of morpholine rings is 1. The maximum absolute atomic E-state index is 13.7. The van der Waals surface area contributed by atoms with Crippen molar-refractivity contribution < 1.29 is 22.0 Å². The number of nitrogens with zero attached hydrogens (tertiary/aromatic N) is 2. The summed E-state index contributed by atoms with van der Waals surface area (Å²) >= 11 is 0. The van der Waals surface area contributed by atoms with Crippen LogP contribution in [-0.2, 0) is 20.0 Å². The van der Waals surface area contributed by atoms with Crippen molar-refractivity contribution in [2.24, 2.45) is 0 Å². The van der Waals surface area contributed by atoms with Crippen molar-refractivity contribution >= 4 is 15.7 Å². The summed E-state index contributed by atoms with van der Waals surface area (Å²) in [6.07, 6.45) is 0. The minimum Gasteiger partial charge on any atom is -0.419 e. The quantitative estimate of drug-likeness (QED) is 0.277. The molecule has 7 nitrogen and oxygen atoms in total. The van der Waals surface area contributed by atoms with Gasteiger partial charge in [-0.15, -0.1) is 0 Å². The Morgan fingerprint density at radius 2 is 1.60 bits per heavy atom. The van der Waals surface area contributed by atoms with Crippen LogP contribution in [0.1, 0.15) is 37.9 Å². The second-order valence-electron chi connectivity index (χ2n) is 10.9. The van der Waals surface area contributed by atoms with Crippen molar-refractivity contribution in [2.75, 3.05) is 38.2 Å². The lowest BCUT2D eigenvalue weighted by Gasteiger charge is -2.35. The number of halogens is 1. The number of hydrogen-bond acceptors (Lipinski definition) is 7. The second kappa shape index (κ2) is 11.5. The number of oxazole rings is 1. The zero-order valence-corrected chi connectivity index (χ0v) is 23.7. The molecule has 210 valence electrons. The average molecular weight is 564 g/mol. The van der Waals surface area contributed by atoms with E-state index >= 15 is 0 Å². The van der Waals surface area contributed by atoms with E-state index in [1.54, 1.807) is 18.2 Å². The lowest BCUT2D eigenvalue weighted by Crippen LogP contribution is -2.41. The molecule has 0 spiro atoms. The van der Waals surface area contributed by atoms with Crippen molar-refractivity contribution in [2.45, 2.75) is 42.1 Å². The van der Waals surface area contributed by atoms with E-state index in [2.05, 4.69) is 60.2 Å². The van der Waals surface area contributed by atoms with Crippen molar-refractivity contribution in [3.8, 4) is 11.5 Å². The van der Waals surface area contributed by atoms with Crippen LogP contribution in [0.4, 0.5) is 10.3 Å². The fraction of sp³-hybridized carbons (Fsp3) is 0.323. The lowest BCUT2D eigenvalue weighted by molar-refractivity contribution is 0.0186. The third-order valence-electron chi connectivity index (χ3n) is 7.10.